The van der Waals surface area contributed by atoms with E-state index in [1.165, 1.54) is 12.8 Å². The van der Waals surface area contributed by atoms with Crippen LogP contribution in [-0.4, -0.2) is 41.6 Å². The molecule has 2 unspecified atom stereocenters. The molecular formula is C14H24N2O3. The molecule has 5 nitrogen and oxygen atoms in total. The van der Waals surface area contributed by atoms with Crippen LogP contribution in [0, 0.1) is 17.8 Å². The van der Waals surface area contributed by atoms with Crippen molar-refractivity contribution in [2.24, 2.45) is 17.8 Å². The molecule has 1 saturated heterocycles. The third-order valence-corrected chi connectivity index (χ3v) is 4.29. The lowest BCUT2D eigenvalue weighted by atomic mass is 9.85. The van der Waals surface area contributed by atoms with Crippen LogP contribution in [0.2, 0.25) is 0 Å². The van der Waals surface area contributed by atoms with Gasteiger partial charge < -0.3 is 15.3 Å². The van der Waals surface area contributed by atoms with Crippen LogP contribution >= 0.6 is 0 Å². The number of nitrogens with zero attached hydrogens (tertiary/aromatic N) is 1. The fourth-order valence-electron chi connectivity index (χ4n) is 2.77. The minimum absolute atomic E-state index is 0.0270. The van der Waals surface area contributed by atoms with Gasteiger partial charge in [0.05, 0.1) is 0 Å². The zero-order valence-electron chi connectivity index (χ0n) is 11.6. The van der Waals surface area contributed by atoms with Gasteiger partial charge in [0, 0.05) is 26.1 Å². The Kier molecular flexibility index (Phi) is 4.66. The summed E-state index contributed by atoms with van der Waals surface area (Å²) >= 11 is 0. The number of carboxylic acid groups (broad SMARTS) is 1. The quantitative estimate of drug-likeness (QED) is 0.800. The van der Waals surface area contributed by atoms with Crippen LogP contribution < -0.4 is 5.32 Å². The molecule has 108 valence electrons. The predicted octanol–water partition coefficient (Wildman–Crippen LogP) is 1.93. The van der Waals surface area contributed by atoms with E-state index in [9.17, 15) is 9.59 Å². The van der Waals surface area contributed by atoms with Crippen molar-refractivity contribution in [1.82, 2.24) is 10.2 Å². The van der Waals surface area contributed by atoms with Crippen LogP contribution in [0.1, 0.15) is 39.0 Å². The van der Waals surface area contributed by atoms with Crippen LogP contribution in [-0.2, 0) is 4.79 Å². The second-order valence-corrected chi connectivity index (χ2v) is 6.05. The molecule has 1 aliphatic heterocycles. The molecule has 0 bridgehead atoms. The number of likely N-dealkylation sites (tertiary alicyclic amines) is 1. The normalized spacial score (nSPS) is 24.9. The number of hydrogen-bond acceptors (Lipinski definition) is 2. The first-order chi connectivity index (χ1) is 9.06. The van der Waals surface area contributed by atoms with E-state index in [0.717, 1.165) is 25.9 Å². The molecule has 0 aromatic carbocycles. The maximum Gasteiger partial charge on any atom is 0.317 e. The van der Waals surface area contributed by atoms with Crippen molar-refractivity contribution in [2.75, 3.05) is 19.6 Å². The Morgan fingerprint density at radius 1 is 1.37 bits per heavy atom. The molecule has 2 N–H and O–H groups in total. The Balaban J connectivity index is 1.78. The van der Waals surface area contributed by atoms with Crippen LogP contribution in [0.4, 0.5) is 4.79 Å². The average Bonchev–Trinajstić information content (AvgIpc) is 3.19. The largest absolute Gasteiger partial charge is 0.481 e. The van der Waals surface area contributed by atoms with Crippen molar-refractivity contribution in [3.63, 3.8) is 0 Å². The number of rotatable bonds is 5. The molecule has 19 heavy (non-hydrogen) atoms. The van der Waals surface area contributed by atoms with Crippen LogP contribution in [0.15, 0.2) is 0 Å². The minimum Gasteiger partial charge on any atom is -0.481 e. The van der Waals surface area contributed by atoms with Gasteiger partial charge in [-0.05, 0) is 43.4 Å². The molecule has 2 amide bonds. The van der Waals surface area contributed by atoms with Crippen molar-refractivity contribution < 1.29 is 14.7 Å². The van der Waals surface area contributed by atoms with E-state index < -0.39 is 5.97 Å². The molecule has 1 heterocycles. The maximum absolute atomic E-state index is 12.0. The number of piperidine rings is 1. The molecule has 5 heteroatoms. The van der Waals surface area contributed by atoms with E-state index in [1.54, 1.807) is 0 Å². The third-order valence-electron chi connectivity index (χ3n) is 4.29. The van der Waals surface area contributed by atoms with E-state index in [2.05, 4.69) is 5.32 Å². The van der Waals surface area contributed by atoms with E-state index in [1.807, 2.05) is 11.8 Å². The topological polar surface area (TPSA) is 69.6 Å². The lowest BCUT2D eigenvalue weighted by Crippen LogP contribution is -2.47. The van der Waals surface area contributed by atoms with Crippen LogP contribution in [0.25, 0.3) is 0 Å². The summed E-state index contributed by atoms with van der Waals surface area (Å²) in [5, 5.41) is 11.8. The summed E-state index contributed by atoms with van der Waals surface area (Å²) in [7, 11) is 0. The molecule has 2 fully saturated rings. The maximum atomic E-state index is 12.0. The van der Waals surface area contributed by atoms with Gasteiger partial charge in [0.25, 0.3) is 0 Å². The van der Waals surface area contributed by atoms with Crippen LogP contribution in [0.5, 0.6) is 0 Å². The molecule has 2 rings (SSSR count). The first-order valence-corrected chi connectivity index (χ1v) is 7.31. The summed E-state index contributed by atoms with van der Waals surface area (Å²) in [6, 6.07) is 0.0270. The molecule has 0 radical (unpaired) electrons. The monoisotopic (exact) mass is 268 g/mol. The van der Waals surface area contributed by atoms with Gasteiger partial charge in [-0.3, -0.25) is 4.79 Å². The Bertz CT molecular complexity index is 342. The zero-order valence-corrected chi connectivity index (χ0v) is 11.6. The minimum atomic E-state index is -0.747. The molecule has 0 aromatic rings. The molecule has 2 aliphatic rings. The van der Waals surface area contributed by atoms with Crippen molar-refractivity contribution in [3.05, 3.63) is 0 Å². The highest BCUT2D eigenvalue weighted by molar-refractivity contribution is 5.74. The second kappa shape index (κ2) is 6.26. The first-order valence-electron chi connectivity index (χ1n) is 7.31. The molecule has 2 atom stereocenters. The third kappa shape index (κ3) is 4.40. The Labute approximate surface area is 114 Å². The Morgan fingerprint density at radius 3 is 2.74 bits per heavy atom. The van der Waals surface area contributed by atoms with E-state index in [4.69, 9.17) is 5.11 Å². The summed E-state index contributed by atoms with van der Waals surface area (Å²) < 4.78 is 0. The Morgan fingerprint density at radius 2 is 2.11 bits per heavy atom. The number of aliphatic carboxylic acids is 1. The van der Waals surface area contributed by atoms with Gasteiger partial charge in [0.2, 0.25) is 0 Å². The van der Waals surface area contributed by atoms with Crippen molar-refractivity contribution in [1.29, 1.82) is 0 Å². The highest BCUT2D eigenvalue weighted by atomic mass is 16.4. The van der Waals surface area contributed by atoms with Gasteiger partial charge in [-0.25, -0.2) is 4.79 Å². The van der Waals surface area contributed by atoms with E-state index in [-0.39, 0.29) is 18.4 Å². The highest BCUT2D eigenvalue weighted by Crippen LogP contribution is 2.28. The molecule has 1 aliphatic carbocycles. The average molecular weight is 268 g/mol. The molecule has 0 spiro atoms. The lowest BCUT2D eigenvalue weighted by molar-refractivity contribution is -0.138. The number of urea groups is 1. The molecule has 1 saturated carbocycles. The molecule has 0 aromatic heterocycles. The fourth-order valence-corrected chi connectivity index (χ4v) is 2.77. The summed E-state index contributed by atoms with van der Waals surface area (Å²) in [6.07, 6.45) is 4.67. The number of carbonyl (C=O) groups is 2. The number of carbonyl (C=O) groups excluding carboxylic acids is 1. The fraction of sp³-hybridized carbons (Fsp3) is 0.857. The standard InChI is InChI=1S/C14H24N2O3/c1-10(7-13(17)18)12-3-2-6-16(9-12)14(19)15-8-11-4-5-11/h10-12H,2-9H2,1H3,(H,15,19)(H,17,18). The van der Waals surface area contributed by atoms with Gasteiger partial charge >= 0.3 is 12.0 Å². The van der Waals surface area contributed by atoms with Crippen LogP contribution in [0.3, 0.4) is 0 Å². The van der Waals surface area contributed by atoms with E-state index in [0.29, 0.717) is 18.4 Å². The van der Waals surface area contributed by atoms with Crippen molar-refractivity contribution in [3.8, 4) is 0 Å². The van der Waals surface area contributed by atoms with Gasteiger partial charge in [0.15, 0.2) is 0 Å². The SMILES string of the molecule is CC(CC(=O)O)C1CCCN(C(=O)NCC2CC2)C1. The number of hydrogen-bond donors (Lipinski definition) is 2. The Hall–Kier alpha value is -1.26. The zero-order chi connectivity index (χ0) is 13.8. The lowest BCUT2D eigenvalue weighted by Gasteiger charge is -2.35. The van der Waals surface area contributed by atoms with Gasteiger partial charge in [-0.15, -0.1) is 0 Å². The first kappa shape index (κ1) is 14.2. The second-order valence-electron chi connectivity index (χ2n) is 6.05. The predicted molar refractivity (Wildman–Crippen MR) is 71.8 cm³/mol. The van der Waals surface area contributed by atoms with Gasteiger partial charge in [0.1, 0.15) is 0 Å². The summed E-state index contributed by atoms with van der Waals surface area (Å²) in [5.41, 5.74) is 0. The smallest absolute Gasteiger partial charge is 0.317 e. The van der Waals surface area contributed by atoms with Gasteiger partial charge in [-0.2, -0.15) is 0 Å². The summed E-state index contributed by atoms with van der Waals surface area (Å²) in [4.78, 5) is 24.6. The summed E-state index contributed by atoms with van der Waals surface area (Å²) in [5.74, 6) is 0.395. The van der Waals surface area contributed by atoms with Crippen molar-refractivity contribution >= 4 is 12.0 Å². The number of amides is 2. The summed E-state index contributed by atoms with van der Waals surface area (Å²) in [6.45, 7) is 4.27. The van der Waals surface area contributed by atoms with E-state index >= 15 is 0 Å². The number of nitrogens with one attached hydrogen (secondary N) is 1. The number of carboxylic acids is 1. The highest BCUT2D eigenvalue weighted by Gasteiger charge is 2.29. The van der Waals surface area contributed by atoms with Gasteiger partial charge in [-0.1, -0.05) is 6.92 Å². The van der Waals surface area contributed by atoms with Crippen molar-refractivity contribution in [2.45, 2.75) is 39.0 Å². The molecular weight excluding hydrogens is 244 g/mol.